The van der Waals surface area contributed by atoms with E-state index in [2.05, 4.69) is 39.3 Å². The molecular formula is C20H23N5S. The molecule has 0 radical (unpaired) electrons. The van der Waals surface area contributed by atoms with Gasteiger partial charge in [0.2, 0.25) is 0 Å². The van der Waals surface area contributed by atoms with Gasteiger partial charge >= 0.3 is 0 Å². The molecule has 5 rings (SSSR count). The van der Waals surface area contributed by atoms with Crippen LogP contribution in [-0.4, -0.2) is 32.6 Å². The first-order valence-electron chi connectivity index (χ1n) is 9.40. The first kappa shape index (κ1) is 16.0. The van der Waals surface area contributed by atoms with Crippen LogP contribution in [0.5, 0.6) is 0 Å². The number of nitrogens with zero attached hydrogens (tertiary/aromatic N) is 3. The van der Waals surface area contributed by atoms with Crippen molar-refractivity contribution in [3.8, 4) is 11.5 Å². The molecular weight excluding hydrogens is 342 g/mol. The predicted molar refractivity (Wildman–Crippen MR) is 108 cm³/mol. The molecule has 0 saturated carbocycles. The first-order valence-corrected chi connectivity index (χ1v) is 10.3. The predicted octanol–water partition coefficient (Wildman–Crippen LogP) is 4.34. The molecule has 6 heteroatoms. The van der Waals surface area contributed by atoms with Gasteiger partial charge in [-0.25, -0.2) is 9.97 Å². The second-order valence-electron chi connectivity index (χ2n) is 7.18. The summed E-state index contributed by atoms with van der Waals surface area (Å²) in [6.07, 6.45) is 5.73. The van der Waals surface area contributed by atoms with Crippen LogP contribution in [0.25, 0.3) is 32.8 Å². The Labute approximate surface area is 156 Å². The van der Waals surface area contributed by atoms with E-state index >= 15 is 0 Å². The van der Waals surface area contributed by atoms with Gasteiger partial charge in [0.25, 0.3) is 0 Å². The van der Waals surface area contributed by atoms with Gasteiger partial charge in [0.15, 0.2) is 5.82 Å². The van der Waals surface area contributed by atoms with E-state index in [-0.39, 0.29) is 0 Å². The number of rotatable bonds is 4. The van der Waals surface area contributed by atoms with Gasteiger partial charge in [-0.05, 0) is 68.8 Å². The van der Waals surface area contributed by atoms with Crippen LogP contribution < -0.4 is 5.32 Å². The summed E-state index contributed by atoms with van der Waals surface area (Å²) in [5.41, 5.74) is 5.46. The highest BCUT2D eigenvalue weighted by Gasteiger charge is 2.20. The minimum atomic E-state index is 0.798. The van der Waals surface area contributed by atoms with E-state index in [4.69, 9.17) is 9.97 Å². The number of pyridine rings is 1. The maximum atomic E-state index is 5.01. The number of aryl methyl sites for hydroxylation is 2. The van der Waals surface area contributed by atoms with Gasteiger partial charge in [0.1, 0.15) is 5.52 Å². The van der Waals surface area contributed by atoms with Crippen molar-refractivity contribution in [3.05, 3.63) is 35.5 Å². The van der Waals surface area contributed by atoms with Crippen LogP contribution in [0.15, 0.2) is 29.8 Å². The lowest BCUT2D eigenvalue weighted by atomic mass is 9.95. The second-order valence-corrected chi connectivity index (χ2v) is 8.10. The quantitative estimate of drug-likeness (QED) is 0.566. The van der Waals surface area contributed by atoms with Crippen LogP contribution in [-0.2, 0) is 6.54 Å². The Morgan fingerprint density at radius 1 is 1.23 bits per heavy atom. The SMILES string of the molecule is Cc1nc2ccsc2c2c1nc(-c1ccc[nH]1)n2CCC1CCNCC1. The molecule has 4 aromatic heterocycles. The third-order valence-electron chi connectivity index (χ3n) is 5.52. The van der Waals surface area contributed by atoms with Crippen LogP contribution in [0.3, 0.4) is 0 Å². The molecule has 0 atom stereocenters. The van der Waals surface area contributed by atoms with Crippen LogP contribution >= 0.6 is 11.3 Å². The molecule has 26 heavy (non-hydrogen) atoms. The summed E-state index contributed by atoms with van der Waals surface area (Å²) in [5, 5.41) is 5.60. The summed E-state index contributed by atoms with van der Waals surface area (Å²) in [6.45, 7) is 5.38. The number of nitrogens with one attached hydrogen (secondary N) is 2. The van der Waals surface area contributed by atoms with Crippen LogP contribution in [0.2, 0.25) is 0 Å². The molecule has 134 valence electrons. The molecule has 1 aliphatic heterocycles. The van der Waals surface area contributed by atoms with Gasteiger partial charge in [-0.15, -0.1) is 11.3 Å². The molecule has 4 aromatic rings. The van der Waals surface area contributed by atoms with Crippen LogP contribution in [0.1, 0.15) is 25.0 Å². The van der Waals surface area contributed by atoms with E-state index in [0.717, 1.165) is 53.8 Å². The molecule has 0 unspecified atom stereocenters. The monoisotopic (exact) mass is 365 g/mol. The zero-order valence-corrected chi connectivity index (χ0v) is 15.8. The van der Waals surface area contributed by atoms with Gasteiger partial charge in [-0.2, -0.15) is 0 Å². The fourth-order valence-corrected chi connectivity index (χ4v) is 5.00. The number of fused-ring (bicyclic) bond motifs is 3. The number of thiophene rings is 1. The highest BCUT2D eigenvalue weighted by atomic mass is 32.1. The first-order chi connectivity index (χ1) is 12.8. The van der Waals surface area contributed by atoms with Crippen molar-refractivity contribution in [2.24, 2.45) is 5.92 Å². The molecule has 0 aromatic carbocycles. The molecule has 5 nitrogen and oxygen atoms in total. The number of aromatic amines is 1. The van der Waals surface area contributed by atoms with Gasteiger partial charge in [-0.3, -0.25) is 0 Å². The number of hydrogen-bond donors (Lipinski definition) is 2. The highest BCUT2D eigenvalue weighted by Crippen LogP contribution is 2.34. The Hall–Kier alpha value is -2.18. The smallest absolute Gasteiger partial charge is 0.157 e. The van der Waals surface area contributed by atoms with Crippen molar-refractivity contribution in [1.82, 2.24) is 24.8 Å². The van der Waals surface area contributed by atoms with Gasteiger partial charge in [0.05, 0.1) is 27.1 Å². The zero-order valence-electron chi connectivity index (χ0n) is 15.0. The number of hydrogen-bond acceptors (Lipinski definition) is 4. The van der Waals surface area contributed by atoms with Crippen molar-refractivity contribution >= 4 is 32.6 Å². The summed E-state index contributed by atoms with van der Waals surface area (Å²) < 4.78 is 3.68. The maximum absolute atomic E-state index is 5.01. The molecule has 0 spiro atoms. The lowest BCUT2D eigenvalue weighted by Crippen LogP contribution is -2.28. The average molecular weight is 366 g/mol. The normalized spacial score (nSPS) is 16.0. The minimum Gasteiger partial charge on any atom is -0.359 e. The Kier molecular flexibility index (Phi) is 4.02. The summed E-state index contributed by atoms with van der Waals surface area (Å²) in [4.78, 5) is 13.1. The Bertz CT molecular complexity index is 1040. The minimum absolute atomic E-state index is 0.798. The van der Waals surface area contributed by atoms with E-state index in [1.54, 1.807) is 11.3 Å². The molecule has 1 fully saturated rings. The Morgan fingerprint density at radius 3 is 2.92 bits per heavy atom. The number of imidazole rings is 1. The summed E-state index contributed by atoms with van der Waals surface area (Å²) in [7, 11) is 0. The summed E-state index contributed by atoms with van der Waals surface area (Å²) >= 11 is 1.77. The topological polar surface area (TPSA) is 58.5 Å². The average Bonchev–Trinajstić information content (AvgIpc) is 3.39. The maximum Gasteiger partial charge on any atom is 0.157 e. The summed E-state index contributed by atoms with van der Waals surface area (Å²) in [5.74, 6) is 1.83. The van der Waals surface area contributed by atoms with Crippen molar-refractivity contribution in [2.45, 2.75) is 32.7 Å². The fourth-order valence-electron chi connectivity index (χ4n) is 4.11. The number of aromatic nitrogens is 4. The number of piperidine rings is 1. The van der Waals surface area contributed by atoms with Crippen LogP contribution in [0.4, 0.5) is 0 Å². The largest absolute Gasteiger partial charge is 0.359 e. The van der Waals surface area contributed by atoms with Gasteiger partial charge < -0.3 is 14.9 Å². The fraction of sp³-hybridized carbons (Fsp3) is 0.400. The number of H-pyrrole nitrogens is 1. The van der Waals surface area contributed by atoms with E-state index in [0.29, 0.717) is 0 Å². The van der Waals surface area contributed by atoms with Crippen LogP contribution in [0, 0.1) is 12.8 Å². The lowest BCUT2D eigenvalue weighted by molar-refractivity contribution is 0.340. The summed E-state index contributed by atoms with van der Waals surface area (Å²) in [6, 6.07) is 6.26. The molecule has 0 amide bonds. The van der Waals surface area contributed by atoms with Crippen molar-refractivity contribution < 1.29 is 0 Å². The molecule has 0 aliphatic carbocycles. The van der Waals surface area contributed by atoms with E-state index in [1.807, 2.05) is 12.3 Å². The van der Waals surface area contributed by atoms with E-state index in [1.165, 1.54) is 29.5 Å². The van der Waals surface area contributed by atoms with Gasteiger partial charge in [-0.1, -0.05) is 0 Å². The molecule has 2 N–H and O–H groups in total. The van der Waals surface area contributed by atoms with Crippen molar-refractivity contribution in [3.63, 3.8) is 0 Å². The molecule has 1 aliphatic rings. The lowest BCUT2D eigenvalue weighted by Gasteiger charge is -2.23. The zero-order chi connectivity index (χ0) is 17.5. The highest BCUT2D eigenvalue weighted by molar-refractivity contribution is 7.18. The molecule has 5 heterocycles. The Morgan fingerprint density at radius 2 is 2.12 bits per heavy atom. The third kappa shape index (κ3) is 2.64. The Balaban J connectivity index is 1.65. The van der Waals surface area contributed by atoms with Crippen molar-refractivity contribution in [1.29, 1.82) is 0 Å². The van der Waals surface area contributed by atoms with Gasteiger partial charge in [0, 0.05) is 12.7 Å². The second kappa shape index (κ2) is 6.52. The molecule has 1 saturated heterocycles. The van der Waals surface area contributed by atoms with E-state index in [9.17, 15) is 0 Å². The third-order valence-corrected chi connectivity index (χ3v) is 6.43. The van der Waals surface area contributed by atoms with E-state index < -0.39 is 0 Å². The molecule has 0 bridgehead atoms. The standard InChI is InChI=1S/C20H23N5S/c1-13-17-18(19-15(23-13)7-12-26-19)25(11-6-14-4-9-21-10-5-14)20(24-17)16-3-2-8-22-16/h2-3,7-8,12,14,21-22H,4-6,9-11H2,1H3. The van der Waals surface area contributed by atoms with Crippen molar-refractivity contribution in [2.75, 3.05) is 13.1 Å².